The largest absolute Gasteiger partial charge is 0.481 e. The monoisotopic (exact) mass is 271 g/mol. The molecule has 19 heavy (non-hydrogen) atoms. The Kier molecular flexibility index (Phi) is 4.48. The van der Waals surface area contributed by atoms with Crippen LogP contribution < -0.4 is 11.1 Å². The number of aliphatic carboxylic acids is 1. The molecule has 0 heterocycles. The maximum absolute atomic E-state index is 12.9. The number of nitro groups is 1. The van der Waals surface area contributed by atoms with Gasteiger partial charge in [0.05, 0.1) is 23.5 Å². The molecule has 0 aliphatic rings. The van der Waals surface area contributed by atoms with Gasteiger partial charge < -0.3 is 16.2 Å². The third-order valence-electron chi connectivity index (χ3n) is 2.15. The van der Waals surface area contributed by atoms with Crippen molar-refractivity contribution in [2.75, 3.05) is 5.32 Å². The fourth-order valence-corrected chi connectivity index (χ4v) is 1.27. The third kappa shape index (κ3) is 4.00. The third-order valence-corrected chi connectivity index (χ3v) is 2.15. The van der Waals surface area contributed by atoms with Crippen LogP contribution in [-0.2, 0) is 9.59 Å². The predicted molar refractivity (Wildman–Crippen MR) is 61.9 cm³/mol. The molecule has 0 fully saturated rings. The summed E-state index contributed by atoms with van der Waals surface area (Å²) < 4.78 is 12.9. The first-order valence-electron chi connectivity index (χ1n) is 5.03. The molecule has 1 atom stereocenters. The first-order chi connectivity index (χ1) is 8.81. The molecule has 0 aliphatic heterocycles. The lowest BCUT2D eigenvalue weighted by molar-refractivity contribution is -0.384. The fraction of sp³-hybridized carbons (Fsp3) is 0.200. The number of benzene rings is 1. The quantitative estimate of drug-likeness (QED) is 0.526. The molecule has 0 saturated carbocycles. The molecule has 9 heteroatoms. The number of carboxylic acid groups (broad SMARTS) is 1. The Morgan fingerprint density at radius 3 is 2.68 bits per heavy atom. The van der Waals surface area contributed by atoms with Crippen molar-refractivity contribution in [3.05, 3.63) is 34.1 Å². The summed E-state index contributed by atoms with van der Waals surface area (Å²) in [5.41, 5.74) is 4.39. The van der Waals surface area contributed by atoms with Crippen LogP contribution in [0.15, 0.2) is 18.2 Å². The number of nitrogens with one attached hydrogen (secondary N) is 1. The summed E-state index contributed by atoms with van der Waals surface area (Å²) >= 11 is 0. The van der Waals surface area contributed by atoms with Crippen LogP contribution >= 0.6 is 0 Å². The van der Waals surface area contributed by atoms with Gasteiger partial charge in [-0.3, -0.25) is 19.7 Å². The van der Waals surface area contributed by atoms with Crippen LogP contribution in [0.25, 0.3) is 0 Å². The molecule has 1 unspecified atom stereocenters. The molecular formula is C10H10FN3O5. The van der Waals surface area contributed by atoms with Crippen molar-refractivity contribution in [2.45, 2.75) is 12.5 Å². The molecule has 102 valence electrons. The second-order valence-electron chi connectivity index (χ2n) is 3.61. The number of nitrogens with two attached hydrogens (primary N) is 1. The van der Waals surface area contributed by atoms with Gasteiger partial charge in [-0.25, -0.2) is 4.39 Å². The minimum absolute atomic E-state index is 0.253. The van der Waals surface area contributed by atoms with Gasteiger partial charge in [-0.1, -0.05) is 0 Å². The van der Waals surface area contributed by atoms with E-state index in [9.17, 15) is 24.1 Å². The lowest BCUT2D eigenvalue weighted by Crippen LogP contribution is -2.37. The van der Waals surface area contributed by atoms with E-state index in [0.717, 1.165) is 12.1 Å². The van der Waals surface area contributed by atoms with Crippen molar-refractivity contribution in [3.63, 3.8) is 0 Å². The Bertz CT molecular complexity index is 534. The number of rotatable bonds is 5. The maximum Gasteiger partial charge on any atom is 0.305 e. The topological polar surface area (TPSA) is 136 Å². The van der Waals surface area contributed by atoms with E-state index in [4.69, 9.17) is 10.8 Å². The Hall–Kier alpha value is -2.55. The van der Waals surface area contributed by atoms with Gasteiger partial charge in [-0.2, -0.15) is 0 Å². The van der Waals surface area contributed by atoms with Gasteiger partial charge in [-0.05, 0) is 12.1 Å². The lowest BCUT2D eigenvalue weighted by atomic mass is 10.2. The SMILES string of the molecule is NC(CC(=O)O)C(=O)Nc1ccc(F)cc1[N+](=O)[O-]. The van der Waals surface area contributed by atoms with E-state index in [1.54, 1.807) is 0 Å². The summed E-state index contributed by atoms with van der Waals surface area (Å²) in [5, 5.41) is 21.2. The fourth-order valence-electron chi connectivity index (χ4n) is 1.27. The number of halogens is 1. The summed E-state index contributed by atoms with van der Waals surface area (Å²) in [6.07, 6.45) is -0.624. The van der Waals surface area contributed by atoms with Gasteiger partial charge in [0.15, 0.2) is 0 Å². The number of nitro benzene ring substituents is 1. The van der Waals surface area contributed by atoms with Crippen LogP contribution in [0.2, 0.25) is 0 Å². The zero-order chi connectivity index (χ0) is 14.6. The number of amides is 1. The molecule has 0 aliphatic carbocycles. The molecular weight excluding hydrogens is 261 g/mol. The molecule has 0 aromatic heterocycles. The molecule has 1 aromatic carbocycles. The number of carbonyl (C=O) groups is 2. The smallest absolute Gasteiger partial charge is 0.305 e. The Balaban J connectivity index is 2.90. The Labute approximate surface area is 106 Å². The molecule has 1 rings (SSSR count). The lowest BCUT2D eigenvalue weighted by Gasteiger charge is -2.10. The highest BCUT2D eigenvalue weighted by atomic mass is 19.1. The normalized spacial score (nSPS) is 11.7. The van der Waals surface area contributed by atoms with Crippen LogP contribution in [0, 0.1) is 15.9 Å². The standard InChI is InChI=1S/C10H10FN3O5/c11-5-1-2-7(8(3-5)14(18)19)13-10(17)6(12)4-9(15)16/h1-3,6H,4,12H2,(H,13,17)(H,15,16). The van der Waals surface area contributed by atoms with Gasteiger partial charge in [0.2, 0.25) is 5.91 Å². The molecule has 1 aromatic rings. The molecule has 4 N–H and O–H groups in total. The van der Waals surface area contributed by atoms with Crippen molar-refractivity contribution in [1.29, 1.82) is 0 Å². The van der Waals surface area contributed by atoms with Gasteiger partial charge in [0, 0.05) is 0 Å². The summed E-state index contributed by atoms with van der Waals surface area (Å²) in [6, 6.07) is 1.20. The van der Waals surface area contributed by atoms with E-state index < -0.39 is 40.8 Å². The molecule has 1 amide bonds. The Morgan fingerprint density at radius 1 is 1.53 bits per heavy atom. The maximum atomic E-state index is 12.9. The van der Waals surface area contributed by atoms with Crippen LogP contribution in [0.3, 0.4) is 0 Å². The van der Waals surface area contributed by atoms with Crippen molar-refractivity contribution in [2.24, 2.45) is 5.73 Å². The van der Waals surface area contributed by atoms with E-state index in [2.05, 4.69) is 5.32 Å². The average molecular weight is 271 g/mol. The zero-order valence-corrected chi connectivity index (χ0v) is 9.50. The van der Waals surface area contributed by atoms with Crippen molar-refractivity contribution >= 4 is 23.3 Å². The van der Waals surface area contributed by atoms with Crippen LogP contribution in [0.5, 0.6) is 0 Å². The van der Waals surface area contributed by atoms with E-state index in [-0.39, 0.29) is 5.69 Å². The van der Waals surface area contributed by atoms with E-state index in [1.165, 1.54) is 0 Å². The van der Waals surface area contributed by atoms with Crippen molar-refractivity contribution in [3.8, 4) is 0 Å². The van der Waals surface area contributed by atoms with Crippen LogP contribution in [0.4, 0.5) is 15.8 Å². The number of hydrogen-bond acceptors (Lipinski definition) is 5. The minimum Gasteiger partial charge on any atom is -0.481 e. The predicted octanol–water partition coefficient (Wildman–Crippen LogP) is 0.474. The van der Waals surface area contributed by atoms with Gasteiger partial charge in [-0.15, -0.1) is 0 Å². The highest BCUT2D eigenvalue weighted by molar-refractivity contribution is 5.98. The number of anilines is 1. The molecule has 0 radical (unpaired) electrons. The molecule has 8 nitrogen and oxygen atoms in total. The summed E-state index contributed by atoms with van der Waals surface area (Å²) in [7, 11) is 0. The van der Waals surface area contributed by atoms with Gasteiger partial charge in [0.25, 0.3) is 5.69 Å². The van der Waals surface area contributed by atoms with Crippen LogP contribution in [0.1, 0.15) is 6.42 Å². The van der Waals surface area contributed by atoms with E-state index >= 15 is 0 Å². The van der Waals surface area contributed by atoms with Crippen molar-refractivity contribution < 1.29 is 24.0 Å². The second-order valence-corrected chi connectivity index (χ2v) is 3.61. The van der Waals surface area contributed by atoms with Crippen molar-refractivity contribution in [1.82, 2.24) is 0 Å². The number of carboxylic acids is 1. The van der Waals surface area contributed by atoms with E-state index in [1.807, 2.05) is 0 Å². The summed E-state index contributed by atoms with van der Waals surface area (Å²) in [4.78, 5) is 31.7. The highest BCUT2D eigenvalue weighted by Gasteiger charge is 2.21. The van der Waals surface area contributed by atoms with E-state index in [0.29, 0.717) is 6.07 Å². The first kappa shape index (κ1) is 14.5. The minimum atomic E-state index is -1.36. The number of nitrogens with zero attached hydrogens (tertiary/aromatic N) is 1. The number of hydrogen-bond donors (Lipinski definition) is 3. The van der Waals surface area contributed by atoms with Crippen LogP contribution in [-0.4, -0.2) is 27.9 Å². The average Bonchev–Trinajstić information content (AvgIpc) is 2.30. The second kappa shape index (κ2) is 5.87. The molecule has 0 bridgehead atoms. The van der Waals surface area contributed by atoms with Gasteiger partial charge >= 0.3 is 5.97 Å². The molecule has 0 spiro atoms. The highest BCUT2D eigenvalue weighted by Crippen LogP contribution is 2.25. The zero-order valence-electron chi connectivity index (χ0n) is 9.50. The summed E-state index contributed by atoms with van der Waals surface area (Å²) in [5.74, 6) is -3.02. The Morgan fingerprint density at radius 2 is 2.16 bits per heavy atom. The first-order valence-corrected chi connectivity index (χ1v) is 5.03. The number of carbonyl (C=O) groups excluding carboxylic acids is 1. The van der Waals surface area contributed by atoms with Gasteiger partial charge in [0.1, 0.15) is 11.5 Å². The molecule has 0 saturated heterocycles. The summed E-state index contributed by atoms with van der Waals surface area (Å²) in [6.45, 7) is 0.